The third kappa shape index (κ3) is 1.75. The maximum Gasteiger partial charge on any atom is 0.317 e. The first-order chi connectivity index (χ1) is 8.25. The summed E-state index contributed by atoms with van der Waals surface area (Å²) in [7, 11) is 0. The summed E-state index contributed by atoms with van der Waals surface area (Å²) in [5, 5.41) is 0. The van der Waals surface area contributed by atoms with Gasteiger partial charge in [0.05, 0.1) is 11.8 Å². The Morgan fingerprint density at radius 2 is 1.65 bits per heavy atom. The molecule has 2 fully saturated rings. The van der Waals surface area contributed by atoms with E-state index in [1.54, 1.807) is 0 Å². The summed E-state index contributed by atoms with van der Waals surface area (Å²) in [6, 6.07) is 10.2. The average Bonchev–Trinajstić information content (AvgIpc) is 2.66. The SMILES string of the molecule is O=C1OC(=O)C2CC(c3ccccc3)CCC12. The first-order valence-corrected chi connectivity index (χ1v) is 6.06. The molecule has 0 bridgehead atoms. The second kappa shape index (κ2) is 3.99. The van der Waals surface area contributed by atoms with Crippen molar-refractivity contribution >= 4 is 11.9 Å². The number of hydrogen-bond donors (Lipinski definition) is 0. The number of fused-ring (bicyclic) bond motifs is 1. The molecule has 88 valence electrons. The Kier molecular flexibility index (Phi) is 2.46. The van der Waals surface area contributed by atoms with E-state index in [2.05, 4.69) is 12.1 Å². The van der Waals surface area contributed by atoms with Crippen LogP contribution >= 0.6 is 0 Å². The lowest BCUT2D eigenvalue weighted by Crippen LogP contribution is -2.26. The van der Waals surface area contributed by atoms with Gasteiger partial charge in [0.25, 0.3) is 0 Å². The molecule has 0 radical (unpaired) electrons. The van der Waals surface area contributed by atoms with Crippen LogP contribution < -0.4 is 0 Å². The normalized spacial score (nSPS) is 32.1. The van der Waals surface area contributed by atoms with Crippen LogP contribution in [0, 0.1) is 11.8 Å². The highest BCUT2D eigenvalue weighted by atomic mass is 16.6. The Labute approximate surface area is 99.8 Å². The molecule has 3 heteroatoms. The molecule has 1 aromatic carbocycles. The van der Waals surface area contributed by atoms with Crippen LogP contribution in [0.15, 0.2) is 30.3 Å². The van der Waals surface area contributed by atoms with Crippen molar-refractivity contribution in [3.8, 4) is 0 Å². The van der Waals surface area contributed by atoms with Gasteiger partial charge in [-0.25, -0.2) is 0 Å². The van der Waals surface area contributed by atoms with Gasteiger partial charge in [0, 0.05) is 0 Å². The fourth-order valence-electron chi connectivity index (χ4n) is 2.99. The van der Waals surface area contributed by atoms with Crippen molar-refractivity contribution in [2.75, 3.05) is 0 Å². The molecule has 1 aromatic rings. The van der Waals surface area contributed by atoms with Crippen LogP contribution in [0.3, 0.4) is 0 Å². The van der Waals surface area contributed by atoms with Crippen molar-refractivity contribution in [2.24, 2.45) is 11.8 Å². The summed E-state index contributed by atoms with van der Waals surface area (Å²) in [6.45, 7) is 0. The minimum atomic E-state index is -0.319. The number of esters is 2. The van der Waals surface area contributed by atoms with Gasteiger partial charge < -0.3 is 4.74 Å². The van der Waals surface area contributed by atoms with E-state index in [0.717, 1.165) is 19.3 Å². The molecule has 0 aromatic heterocycles. The lowest BCUT2D eigenvalue weighted by molar-refractivity contribution is -0.153. The molecule has 17 heavy (non-hydrogen) atoms. The number of cyclic esters (lactones) is 2. The predicted octanol–water partition coefficient (Wildman–Crippen LogP) is 2.27. The van der Waals surface area contributed by atoms with Gasteiger partial charge in [-0.2, -0.15) is 0 Å². The van der Waals surface area contributed by atoms with Gasteiger partial charge in [0.2, 0.25) is 0 Å². The van der Waals surface area contributed by atoms with Crippen molar-refractivity contribution in [2.45, 2.75) is 25.2 Å². The molecule has 1 aliphatic carbocycles. The van der Waals surface area contributed by atoms with E-state index in [9.17, 15) is 9.59 Å². The second-order valence-corrected chi connectivity index (χ2v) is 4.87. The maximum atomic E-state index is 11.6. The van der Waals surface area contributed by atoms with E-state index < -0.39 is 0 Å². The van der Waals surface area contributed by atoms with E-state index in [0.29, 0.717) is 5.92 Å². The van der Waals surface area contributed by atoms with Crippen molar-refractivity contribution < 1.29 is 14.3 Å². The minimum Gasteiger partial charge on any atom is -0.393 e. The Hall–Kier alpha value is -1.64. The van der Waals surface area contributed by atoms with Crippen LogP contribution in [0.5, 0.6) is 0 Å². The van der Waals surface area contributed by atoms with Crippen LogP contribution in [-0.2, 0) is 14.3 Å². The molecule has 3 unspecified atom stereocenters. The monoisotopic (exact) mass is 230 g/mol. The number of carbonyl (C=O) groups excluding carboxylic acids is 2. The lowest BCUT2D eigenvalue weighted by Gasteiger charge is -2.27. The van der Waals surface area contributed by atoms with Gasteiger partial charge in [-0.05, 0) is 30.7 Å². The summed E-state index contributed by atoms with van der Waals surface area (Å²) < 4.78 is 4.71. The number of benzene rings is 1. The molecule has 1 heterocycles. The van der Waals surface area contributed by atoms with E-state index in [-0.39, 0.29) is 23.8 Å². The van der Waals surface area contributed by atoms with Crippen molar-refractivity contribution in [3.05, 3.63) is 35.9 Å². The number of ether oxygens (including phenoxy) is 1. The van der Waals surface area contributed by atoms with Crippen LogP contribution in [0.2, 0.25) is 0 Å². The van der Waals surface area contributed by atoms with Crippen molar-refractivity contribution in [1.82, 2.24) is 0 Å². The average molecular weight is 230 g/mol. The summed E-state index contributed by atoms with van der Waals surface area (Å²) in [6.07, 6.45) is 2.49. The molecule has 3 atom stereocenters. The van der Waals surface area contributed by atoms with Crippen LogP contribution in [0.1, 0.15) is 30.7 Å². The second-order valence-electron chi connectivity index (χ2n) is 4.87. The van der Waals surface area contributed by atoms with Crippen LogP contribution in [0.25, 0.3) is 0 Å². The Morgan fingerprint density at radius 3 is 2.41 bits per heavy atom. The van der Waals surface area contributed by atoms with Gasteiger partial charge in [-0.15, -0.1) is 0 Å². The zero-order chi connectivity index (χ0) is 11.8. The third-order valence-electron chi connectivity index (χ3n) is 3.93. The first-order valence-electron chi connectivity index (χ1n) is 6.06. The van der Waals surface area contributed by atoms with Gasteiger partial charge in [0.15, 0.2) is 0 Å². The largest absolute Gasteiger partial charge is 0.393 e. The molecule has 1 saturated heterocycles. The molecule has 3 nitrogen and oxygen atoms in total. The summed E-state index contributed by atoms with van der Waals surface area (Å²) in [5.74, 6) is -0.632. The topological polar surface area (TPSA) is 43.4 Å². The highest BCUT2D eigenvalue weighted by molar-refractivity contribution is 5.96. The number of rotatable bonds is 1. The quantitative estimate of drug-likeness (QED) is 0.549. The summed E-state index contributed by atoms with van der Waals surface area (Å²) >= 11 is 0. The smallest absolute Gasteiger partial charge is 0.317 e. The summed E-state index contributed by atoms with van der Waals surface area (Å²) in [4.78, 5) is 23.0. The Bertz CT molecular complexity index is 452. The Morgan fingerprint density at radius 1 is 0.941 bits per heavy atom. The van der Waals surface area contributed by atoms with Gasteiger partial charge in [-0.1, -0.05) is 30.3 Å². The molecular formula is C14H14O3. The molecule has 2 aliphatic rings. The standard InChI is InChI=1S/C14H14O3/c15-13-11-7-6-10(8-12(11)14(16)17-13)9-4-2-1-3-5-9/h1-5,10-12H,6-8H2. The van der Waals surface area contributed by atoms with E-state index in [4.69, 9.17) is 4.74 Å². The molecule has 0 amide bonds. The van der Waals surface area contributed by atoms with E-state index in [1.807, 2.05) is 18.2 Å². The highest BCUT2D eigenvalue weighted by Crippen LogP contribution is 2.43. The molecule has 0 spiro atoms. The predicted molar refractivity (Wildman–Crippen MR) is 61.1 cm³/mol. The Balaban J connectivity index is 1.81. The molecule has 1 saturated carbocycles. The van der Waals surface area contributed by atoms with Gasteiger partial charge >= 0.3 is 11.9 Å². The minimum absolute atomic E-state index is 0.178. The van der Waals surface area contributed by atoms with Crippen molar-refractivity contribution in [3.63, 3.8) is 0 Å². The molecule has 3 rings (SSSR count). The van der Waals surface area contributed by atoms with Crippen LogP contribution in [0.4, 0.5) is 0 Å². The van der Waals surface area contributed by atoms with Crippen LogP contribution in [-0.4, -0.2) is 11.9 Å². The first kappa shape index (κ1) is 10.5. The molecule has 1 aliphatic heterocycles. The fraction of sp³-hybridized carbons (Fsp3) is 0.429. The third-order valence-corrected chi connectivity index (χ3v) is 3.93. The van der Waals surface area contributed by atoms with E-state index in [1.165, 1.54) is 5.56 Å². The molecule has 0 N–H and O–H groups in total. The zero-order valence-corrected chi connectivity index (χ0v) is 9.46. The highest BCUT2D eigenvalue weighted by Gasteiger charge is 2.47. The van der Waals surface area contributed by atoms with Gasteiger partial charge in [0.1, 0.15) is 0 Å². The number of hydrogen-bond acceptors (Lipinski definition) is 3. The number of carbonyl (C=O) groups is 2. The van der Waals surface area contributed by atoms with Crippen molar-refractivity contribution in [1.29, 1.82) is 0 Å². The lowest BCUT2D eigenvalue weighted by atomic mass is 9.73. The molecular weight excluding hydrogens is 216 g/mol. The fourth-order valence-corrected chi connectivity index (χ4v) is 2.99. The van der Waals surface area contributed by atoms with Gasteiger partial charge in [-0.3, -0.25) is 9.59 Å². The summed E-state index contributed by atoms with van der Waals surface area (Å²) in [5.41, 5.74) is 1.26. The maximum absolute atomic E-state index is 11.6. The zero-order valence-electron chi connectivity index (χ0n) is 9.46. The van der Waals surface area contributed by atoms with E-state index >= 15 is 0 Å².